The molecule has 0 heterocycles. The molecule has 0 aromatic heterocycles. The third-order valence-electron chi connectivity index (χ3n) is 6.48. The Labute approximate surface area is 225 Å². The van der Waals surface area contributed by atoms with Crippen molar-refractivity contribution >= 4 is 30.3 Å². The lowest BCUT2D eigenvalue weighted by atomic mass is 10.1. The zero-order valence-corrected chi connectivity index (χ0v) is 23.6. The van der Waals surface area contributed by atoms with Gasteiger partial charge in [0.1, 0.15) is 6.10 Å². The lowest BCUT2D eigenvalue weighted by Gasteiger charge is -2.20. The van der Waals surface area contributed by atoms with Gasteiger partial charge in [-0.25, -0.2) is 0 Å². The van der Waals surface area contributed by atoms with Gasteiger partial charge < -0.3 is 5.11 Å². The fraction of sp³-hybridized carbons (Fsp3) is 0.394. The number of unbranched alkanes of at least 4 members (excludes halogenated alkanes) is 9. The Bertz CT molecular complexity index is 935. The van der Waals surface area contributed by atoms with Crippen LogP contribution < -0.4 is 10.6 Å². The summed E-state index contributed by atoms with van der Waals surface area (Å²) in [5.41, 5.74) is 0.968. The van der Waals surface area contributed by atoms with Gasteiger partial charge >= 0.3 is 0 Å². The number of hydrogen-bond acceptors (Lipinski definition) is 2. The molecule has 0 amide bonds. The van der Waals surface area contributed by atoms with Gasteiger partial charge in [-0.3, -0.25) is 0 Å². The second-order valence-corrected chi connectivity index (χ2v) is 12.6. The molecule has 3 rings (SSSR count). The Morgan fingerprint density at radius 1 is 0.667 bits per heavy atom. The summed E-state index contributed by atoms with van der Waals surface area (Å²) in [6, 6.07) is 31.6. The van der Waals surface area contributed by atoms with E-state index in [0.29, 0.717) is 0 Å². The van der Waals surface area contributed by atoms with Crippen molar-refractivity contribution in [2.45, 2.75) is 77.2 Å². The van der Waals surface area contributed by atoms with Crippen LogP contribution in [0.3, 0.4) is 0 Å². The van der Waals surface area contributed by atoms with Crippen molar-refractivity contribution in [2.75, 3.05) is 5.75 Å². The van der Waals surface area contributed by atoms with Gasteiger partial charge in [-0.1, -0.05) is 156 Å². The van der Waals surface area contributed by atoms with Crippen molar-refractivity contribution < 1.29 is 5.11 Å². The zero-order chi connectivity index (χ0) is 25.3. The maximum atomic E-state index is 11.4. The molecule has 3 heteroatoms. The number of hydrogen-bond donors (Lipinski definition) is 1. The Kier molecular flexibility index (Phi) is 14.0. The smallest absolute Gasteiger partial charge is 0.110 e. The van der Waals surface area contributed by atoms with Crippen LogP contribution in [0.2, 0.25) is 0 Å². The molecule has 1 nitrogen and oxygen atoms in total. The predicted molar refractivity (Wildman–Crippen MR) is 163 cm³/mol. The fourth-order valence-corrected chi connectivity index (χ4v) is 7.84. The van der Waals surface area contributed by atoms with E-state index in [1.165, 1.54) is 74.8 Å². The van der Waals surface area contributed by atoms with Crippen molar-refractivity contribution in [3.8, 4) is 0 Å². The minimum absolute atomic E-state index is 0.586. The van der Waals surface area contributed by atoms with Crippen LogP contribution in [0, 0.1) is 0 Å². The average molecular weight is 519 g/mol. The molecule has 1 atom stereocenters. The second kappa shape index (κ2) is 17.6. The number of benzene rings is 3. The molecule has 0 aliphatic heterocycles. The Balaban J connectivity index is 1.64. The molecule has 0 aliphatic carbocycles. The third-order valence-corrected chi connectivity index (χ3v) is 10.1. The highest BCUT2D eigenvalue weighted by atomic mass is 32.2. The summed E-state index contributed by atoms with van der Waals surface area (Å²) in [5.74, 6) is 3.41. The van der Waals surface area contributed by atoms with E-state index in [0.717, 1.165) is 16.2 Å². The molecular formula is C33H43OPS. The van der Waals surface area contributed by atoms with E-state index >= 15 is 0 Å². The summed E-state index contributed by atoms with van der Waals surface area (Å²) >= 11 is 1.85. The van der Waals surface area contributed by atoms with E-state index in [1.54, 1.807) is 0 Å². The summed E-state index contributed by atoms with van der Waals surface area (Å²) in [6.45, 7) is 2.28. The van der Waals surface area contributed by atoms with Gasteiger partial charge in [0.15, 0.2) is 0 Å². The first-order valence-electron chi connectivity index (χ1n) is 13.8. The maximum absolute atomic E-state index is 11.4. The van der Waals surface area contributed by atoms with Crippen LogP contribution >= 0.6 is 19.7 Å². The van der Waals surface area contributed by atoms with Gasteiger partial charge in [-0.2, -0.15) is 0 Å². The molecule has 36 heavy (non-hydrogen) atoms. The molecule has 3 aromatic rings. The van der Waals surface area contributed by atoms with Crippen molar-refractivity contribution in [3.05, 3.63) is 107 Å². The summed E-state index contributed by atoms with van der Waals surface area (Å²) < 4.78 is 0. The molecule has 0 spiro atoms. The topological polar surface area (TPSA) is 20.2 Å². The van der Waals surface area contributed by atoms with E-state index in [1.807, 2.05) is 42.1 Å². The quantitative estimate of drug-likeness (QED) is 0.142. The van der Waals surface area contributed by atoms with Gasteiger partial charge in [-0.05, 0) is 42.1 Å². The highest BCUT2D eigenvalue weighted by Crippen LogP contribution is 2.42. The first kappa shape index (κ1) is 28.7. The lowest BCUT2D eigenvalue weighted by Crippen LogP contribution is -2.11. The Morgan fingerprint density at radius 2 is 1.11 bits per heavy atom. The lowest BCUT2D eigenvalue weighted by molar-refractivity contribution is 0.225. The predicted octanol–water partition coefficient (Wildman–Crippen LogP) is 9.35. The van der Waals surface area contributed by atoms with Crippen molar-refractivity contribution in [1.82, 2.24) is 0 Å². The first-order chi connectivity index (χ1) is 17.8. The van der Waals surface area contributed by atoms with E-state index in [4.69, 9.17) is 0 Å². The second-order valence-electron chi connectivity index (χ2n) is 9.42. The Hall–Kier alpha value is -1.86. The standard InChI is InChI=1S/C33H43OPS/c1-2-3-4-5-6-7-8-9-10-20-27-36-32(33(34)29-21-14-11-15-22-29)28-35(30-23-16-12-17-24-30)31-25-18-13-19-26-31/h11-19,21-26,28,33-34H,2-10,20,27H2,1H3/b32-28-. The molecule has 0 saturated carbocycles. The first-order valence-corrected chi connectivity index (χ1v) is 16.2. The van der Waals surface area contributed by atoms with Crippen molar-refractivity contribution in [3.63, 3.8) is 0 Å². The van der Waals surface area contributed by atoms with Crippen LogP contribution in [0.25, 0.3) is 0 Å². The van der Waals surface area contributed by atoms with Crippen LogP contribution in [0.5, 0.6) is 0 Å². The molecule has 0 radical (unpaired) electrons. The fourth-order valence-electron chi connectivity index (χ4n) is 4.37. The molecule has 1 N–H and O–H groups in total. The Morgan fingerprint density at radius 3 is 1.61 bits per heavy atom. The molecule has 3 aromatic carbocycles. The summed E-state index contributed by atoms with van der Waals surface area (Å²) in [6.07, 6.45) is 12.9. The highest BCUT2D eigenvalue weighted by molar-refractivity contribution is 8.03. The average Bonchev–Trinajstić information content (AvgIpc) is 2.94. The third kappa shape index (κ3) is 10.3. The summed E-state index contributed by atoms with van der Waals surface area (Å²) in [7, 11) is -0.695. The van der Waals surface area contributed by atoms with Crippen LogP contribution in [0.4, 0.5) is 0 Å². The van der Waals surface area contributed by atoms with Gasteiger partial charge in [-0.15, -0.1) is 11.8 Å². The van der Waals surface area contributed by atoms with Crippen LogP contribution in [0.15, 0.2) is 102 Å². The van der Waals surface area contributed by atoms with E-state index < -0.39 is 14.0 Å². The summed E-state index contributed by atoms with van der Waals surface area (Å²) in [5, 5.41) is 14.0. The number of aliphatic hydroxyl groups excluding tert-OH is 1. The molecule has 0 aliphatic rings. The minimum atomic E-state index is -0.695. The SMILES string of the molecule is CCCCCCCCCCCCS/C(=C\P(c1ccccc1)c1ccccc1)C(O)c1ccccc1. The number of aliphatic hydroxyl groups is 1. The zero-order valence-electron chi connectivity index (χ0n) is 21.9. The molecule has 0 fully saturated rings. The molecule has 0 bridgehead atoms. The maximum Gasteiger partial charge on any atom is 0.110 e. The van der Waals surface area contributed by atoms with Crippen LogP contribution in [-0.2, 0) is 0 Å². The molecule has 1 unspecified atom stereocenters. The molecule has 0 saturated heterocycles. The van der Waals surface area contributed by atoms with Gasteiger partial charge in [0, 0.05) is 4.91 Å². The van der Waals surface area contributed by atoms with Gasteiger partial charge in [0.25, 0.3) is 0 Å². The van der Waals surface area contributed by atoms with E-state index in [9.17, 15) is 5.11 Å². The largest absolute Gasteiger partial charge is 0.383 e. The minimum Gasteiger partial charge on any atom is -0.383 e. The van der Waals surface area contributed by atoms with Crippen LogP contribution in [0.1, 0.15) is 82.8 Å². The van der Waals surface area contributed by atoms with Crippen molar-refractivity contribution in [2.24, 2.45) is 0 Å². The molecular weight excluding hydrogens is 475 g/mol. The highest BCUT2D eigenvalue weighted by Gasteiger charge is 2.18. The molecule has 192 valence electrons. The normalized spacial score (nSPS) is 12.7. The number of rotatable bonds is 17. The van der Waals surface area contributed by atoms with E-state index in [2.05, 4.69) is 73.4 Å². The van der Waals surface area contributed by atoms with E-state index in [-0.39, 0.29) is 0 Å². The number of thioether (sulfide) groups is 1. The van der Waals surface area contributed by atoms with Crippen LogP contribution in [-0.4, -0.2) is 10.9 Å². The summed E-state index contributed by atoms with van der Waals surface area (Å²) in [4.78, 5) is 1.08. The van der Waals surface area contributed by atoms with Crippen molar-refractivity contribution in [1.29, 1.82) is 0 Å². The van der Waals surface area contributed by atoms with Gasteiger partial charge in [0.05, 0.1) is 0 Å². The van der Waals surface area contributed by atoms with Gasteiger partial charge in [0.2, 0.25) is 0 Å². The monoisotopic (exact) mass is 518 g/mol.